The van der Waals surface area contributed by atoms with Crippen LogP contribution in [0.5, 0.6) is 11.5 Å². The highest BCUT2D eigenvalue weighted by Crippen LogP contribution is 2.29. The fourth-order valence-corrected chi connectivity index (χ4v) is 5.56. The summed E-state index contributed by atoms with van der Waals surface area (Å²) >= 11 is 0. The summed E-state index contributed by atoms with van der Waals surface area (Å²) in [4.78, 5) is 12.8. The van der Waals surface area contributed by atoms with E-state index in [4.69, 9.17) is 14.2 Å². The van der Waals surface area contributed by atoms with Gasteiger partial charge in [-0.2, -0.15) is 4.31 Å². The standard InChI is InChI=1S/C24H30N2O6S/c1-30-23-15-18(6-11-22(23)32-17-20-5-4-14-31-20)16-25-24(27)19-7-9-21(10-8-19)33(28,29)26-12-2-3-13-26/h6-11,15,20H,2-5,12-14,16-17H2,1H3,(H,25,27). The van der Waals surface area contributed by atoms with Gasteiger partial charge in [0.15, 0.2) is 11.5 Å². The Morgan fingerprint density at radius 2 is 1.85 bits per heavy atom. The molecule has 2 heterocycles. The van der Waals surface area contributed by atoms with E-state index in [2.05, 4.69) is 5.32 Å². The topological polar surface area (TPSA) is 94.2 Å². The molecule has 2 aliphatic heterocycles. The minimum absolute atomic E-state index is 0.116. The van der Waals surface area contributed by atoms with Crippen molar-refractivity contribution in [3.05, 3.63) is 53.6 Å². The van der Waals surface area contributed by atoms with Crippen LogP contribution in [0.15, 0.2) is 47.4 Å². The lowest BCUT2D eigenvalue weighted by Crippen LogP contribution is -2.28. The maximum Gasteiger partial charge on any atom is 0.251 e. The number of carbonyl (C=O) groups excluding carboxylic acids is 1. The van der Waals surface area contributed by atoms with Gasteiger partial charge in [-0.05, 0) is 67.6 Å². The fourth-order valence-electron chi connectivity index (χ4n) is 4.04. The van der Waals surface area contributed by atoms with E-state index in [1.165, 1.54) is 16.4 Å². The number of methoxy groups -OCH3 is 1. The van der Waals surface area contributed by atoms with Crippen LogP contribution in [0, 0.1) is 0 Å². The zero-order valence-electron chi connectivity index (χ0n) is 18.8. The van der Waals surface area contributed by atoms with Crippen molar-refractivity contribution < 1.29 is 27.4 Å². The summed E-state index contributed by atoms with van der Waals surface area (Å²) in [5, 5.41) is 2.86. The Kier molecular flexibility index (Phi) is 7.52. The van der Waals surface area contributed by atoms with Gasteiger partial charge in [0, 0.05) is 31.8 Å². The summed E-state index contributed by atoms with van der Waals surface area (Å²) in [7, 11) is -1.91. The maximum absolute atomic E-state index is 12.6. The lowest BCUT2D eigenvalue weighted by molar-refractivity contribution is 0.0669. The smallest absolute Gasteiger partial charge is 0.251 e. The van der Waals surface area contributed by atoms with Crippen molar-refractivity contribution in [1.29, 1.82) is 0 Å². The van der Waals surface area contributed by atoms with Gasteiger partial charge in [-0.15, -0.1) is 0 Å². The molecular weight excluding hydrogens is 444 g/mol. The molecule has 0 saturated carbocycles. The van der Waals surface area contributed by atoms with Gasteiger partial charge in [-0.1, -0.05) is 6.07 Å². The number of hydrogen-bond donors (Lipinski definition) is 1. The number of nitrogens with one attached hydrogen (secondary N) is 1. The van der Waals surface area contributed by atoms with Crippen molar-refractivity contribution in [2.24, 2.45) is 0 Å². The summed E-state index contributed by atoms with van der Waals surface area (Å²) in [5.74, 6) is 0.951. The number of hydrogen-bond acceptors (Lipinski definition) is 6. The molecule has 0 radical (unpaired) electrons. The Bertz CT molecular complexity index is 1060. The second-order valence-electron chi connectivity index (χ2n) is 8.25. The van der Waals surface area contributed by atoms with E-state index < -0.39 is 10.0 Å². The van der Waals surface area contributed by atoms with E-state index in [-0.39, 0.29) is 16.9 Å². The number of carbonyl (C=O) groups is 1. The monoisotopic (exact) mass is 474 g/mol. The molecule has 33 heavy (non-hydrogen) atoms. The third-order valence-corrected chi connectivity index (χ3v) is 7.86. The predicted octanol–water partition coefficient (Wildman–Crippen LogP) is 2.97. The molecule has 0 aliphatic carbocycles. The van der Waals surface area contributed by atoms with Crippen molar-refractivity contribution in [3.8, 4) is 11.5 Å². The number of benzene rings is 2. The van der Waals surface area contributed by atoms with Crippen molar-refractivity contribution in [2.45, 2.75) is 43.2 Å². The van der Waals surface area contributed by atoms with Crippen LogP contribution < -0.4 is 14.8 Å². The van der Waals surface area contributed by atoms with Gasteiger partial charge in [0.1, 0.15) is 6.61 Å². The minimum Gasteiger partial charge on any atom is -0.493 e. The highest BCUT2D eigenvalue weighted by molar-refractivity contribution is 7.89. The third kappa shape index (κ3) is 5.66. The Morgan fingerprint density at radius 3 is 2.52 bits per heavy atom. The summed E-state index contributed by atoms with van der Waals surface area (Å²) in [5.41, 5.74) is 1.26. The minimum atomic E-state index is -3.49. The van der Waals surface area contributed by atoms with Gasteiger partial charge in [0.2, 0.25) is 10.0 Å². The van der Waals surface area contributed by atoms with Crippen LogP contribution in [-0.4, -0.2) is 58.1 Å². The molecule has 1 N–H and O–H groups in total. The molecule has 2 aliphatic rings. The SMILES string of the molecule is COc1cc(CNC(=O)c2ccc(S(=O)(=O)N3CCCC3)cc2)ccc1OCC1CCCO1. The largest absolute Gasteiger partial charge is 0.493 e. The molecule has 9 heteroatoms. The number of amides is 1. The average Bonchev–Trinajstić information content (AvgIpc) is 3.56. The van der Waals surface area contributed by atoms with Crippen LogP contribution >= 0.6 is 0 Å². The van der Waals surface area contributed by atoms with Crippen LogP contribution in [0.25, 0.3) is 0 Å². The van der Waals surface area contributed by atoms with E-state index in [0.29, 0.717) is 43.3 Å². The first-order valence-corrected chi connectivity index (χ1v) is 12.7. The Hall–Kier alpha value is -2.62. The molecule has 0 bridgehead atoms. The number of nitrogens with zero attached hydrogens (tertiary/aromatic N) is 1. The molecule has 4 rings (SSSR count). The zero-order chi connectivity index (χ0) is 23.3. The van der Waals surface area contributed by atoms with Crippen LogP contribution in [0.1, 0.15) is 41.6 Å². The molecule has 0 aromatic heterocycles. The Balaban J connectivity index is 1.34. The quantitative estimate of drug-likeness (QED) is 0.601. The molecule has 0 spiro atoms. The molecule has 2 aromatic carbocycles. The first kappa shape index (κ1) is 23.5. The van der Waals surface area contributed by atoms with E-state index in [1.807, 2.05) is 18.2 Å². The molecular formula is C24H30N2O6S. The van der Waals surface area contributed by atoms with Crippen molar-refractivity contribution in [1.82, 2.24) is 9.62 Å². The number of rotatable bonds is 9. The Labute approximate surface area is 194 Å². The summed E-state index contributed by atoms with van der Waals surface area (Å²) in [6.07, 6.45) is 3.93. The molecule has 178 valence electrons. The molecule has 2 aromatic rings. The summed E-state index contributed by atoms with van der Waals surface area (Å²) in [6, 6.07) is 11.6. The average molecular weight is 475 g/mol. The molecule has 1 atom stereocenters. The Morgan fingerprint density at radius 1 is 1.09 bits per heavy atom. The normalized spacial score (nSPS) is 18.9. The molecule has 2 saturated heterocycles. The predicted molar refractivity (Wildman–Crippen MR) is 123 cm³/mol. The van der Waals surface area contributed by atoms with Gasteiger partial charge in [0.05, 0.1) is 18.1 Å². The van der Waals surface area contributed by atoms with Crippen molar-refractivity contribution in [2.75, 3.05) is 33.4 Å². The lowest BCUT2D eigenvalue weighted by atomic mass is 10.1. The van der Waals surface area contributed by atoms with Crippen LogP contribution in [-0.2, 0) is 21.3 Å². The number of sulfonamides is 1. The van der Waals surface area contributed by atoms with Crippen LogP contribution in [0.4, 0.5) is 0 Å². The van der Waals surface area contributed by atoms with Crippen LogP contribution in [0.3, 0.4) is 0 Å². The zero-order valence-corrected chi connectivity index (χ0v) is 19.6. The van der Waals surface area contributed by atoms with Gasteiger partial charge >= 0.3 is 0 Å². The first-order chi connectivity index (χ1) is 16.0. The second kappa shape index (κ2) is 10.5. The van der Waals surface area contributed by atoms with E-state index in [0.717, 1.165) is 37.9 Å². The highest BCUT2D eigenvalue weighted by atomic mass is 32.2. The molecule has 1 amide bonds. The molecule has 1 unspecified atom stereocenters. The lowest BCUT2D eigenvalue weighted by Gasteiger charge is -2.16. The van der Waals surface area contributed by atoms with E-state index in [9.17, 15) is 13.2 Å². The molecule has 8 nitrogen and oxygen atoms in total. The number of ether oxygens (including phenoxy) is 3. The van der Waals surface area contributed by atoms with Crippen molar-refractivity contribution in [3.63, 3.8) is 0 Å². The third-order valence-electron chi connectivity index (χ3n) is 5.95. The summed E-state index contributed by atoms with van der Waals surface area (Å²) in [6.45, 7) is 2.66. The maximum atomic E-state index is 12.6. The highest BCUT2D eigenvalue weighted by Gasteiger charge is 2.27. The van der Waals surface area contributed by atoms with Gasteiger partial charge in [-0.25, -0.2) is 8.42 Å². The summed E-state index contributed by atoms with van der Waals surface area (Å²) < 4.78 is 43.6. The second-order valence-corrected chi connectivity index (χ2v) is 10.2. The van der Waals surface area contributed by atoms with Crippen LogP contribution in [0.2, 0.25) is 0 Å². The first-order valence-electron chi connectivity index (χ1n) is 11.3. The van der Waals surface area contributed by atoms with Gasteiger partial charge < -0.3 is 19.5 Å². The molecule has 2 fully saturated rings. The fraction of sp³-hybridized carbons (Fsp3) is 0.458. The van der Waals surface area contributed by atoms with E-state index in [1.54, 1.807) is 19.2 Å². The van der Waals surface area contributed by atoms with Gasteiger partial charge in [-0.3, -0.25) is 4.79 Å². The van der Waals surface area contributed by atoms with E-state index >= 15 is 0 Å². The van der Waals surface area contributed by atoms with Gasteiger partial charge in [0.25, 0.3) is 5.91 Å². The van der Waals surface area contributed by atoms with Crippen molar-refractivity contribution >= 4 is 15.9 Å².